The zero-order valence-electron chi connectivity index (χ0n) is 19.0. The van der Waals surface area contributed by atoms with E-state index in [9.17, 15) is 13.2 Å². The number of benzene rings is 1. The number of sulfone groups is 1. The van der Waals surface area contributed by atoms with Crippen molar-refractivity contribution in [1.82, 2.24) is 19.2 Å². The summed E-state index contributed by atoms with van der Waals surface area (Å²) in [5.41, 5.74) is 4.72. The summed E-state index contributed by atoms with van der Waals surface area (Å²) >= 11 is 0. The lowest BCUT2D eigenvalue weighted by Crippen LogP contribution is -2.49. The standard InChI is InChI=1S/C24H29N5O3S/c1-18-23(19(2)29(25-18)22-9-16-33(31,32)17-22)27-12-14-28(15-13-27)24(30)20-5-7-21(8-6-20)26-10-3-4-11-26/h3-8,10-11,22H,9,12-17H2,1-2H3. The van der Waals surface area contributed by atoms with Crippen molar-refractivity contribution in [2.45, 2.75) is 26.3 Å². The van der Waals surface area contributed by atoms with Gasteiger partial charge in [0.25, 0.3) is 5.91 Å². The molecule has 1 atom stereocenters. The van der Waals surface area contributed by atoms with Crippen LogP contribution >= 0.6 is 0 Å². The number of hydrogen-bond acceptors (Lipinski definition) is 5. The van der Waals surface area contributed by atoms with Gasteiger partial charge < -0.3 is 14.4 Å². The Morgan fingerprint density at radius 1 is 1.00 bits per heavy atom. The van der Waals surface area contributed by atoms with Crippen molar-refractivity contribution in [3.8, 4) is 5.69 Å². The van der Waals surface area contributed by atoms with Gasteiger partial charge in [-0.1, -0.05) is 0 Å². The van der Waals surface area contributed by atoms with Gasteiger partial charge in [-0.3, -0.25) is 9.48 Å². The lowest BCUT2D eigenvalue weighted by Gasteiger charge is -2.36. The summed E-state index contributed by atoms with van der Waals surface area (Å²) < 4.78 is 27.8. The smallest absolute Gasteiger partial charge is 0.253 e. The highest BCUT2D eigenvalue weighted by molar-refractivity contribution is 7.91. The van der Waals surface area contributed by atoms with Crippen LogP contribution in [-0.2, 0) is 9.84 Å². The van der Waals surface area contributed by atoms with Crippen LogP contribution in [0.25, 0.3) is 5.69 Å². The maximum Gasteiger partial charge on any atom is 0.253 e. The normalized spacial score (nSPS) is 20.4. The van der Waals surface area contributed by atoms with Gasteiger partial charge in [-0.2, -0.15) is 5.10 Å². The van der Waals surface area contributed by atoms with Crippen LogP contribution in [0.3, 0.4) is 0 Å². The number of nitrogens with zero attached hydrogens (tertiary/aromatic N) is 5. The van der Waals surface area contributed by atoms with E-state index in [1.165, 1.54) is 0 Å². The monoisotopic (exact) mass is 467 g/mol. The average molecular weight is 468 g/mol. The van der Waals surface area contributed by atoms with E-state index in [1.807, 2.05) is 76.8 Å². The minimum atomic E-state index is -2.97. The van der Waals surface area contributed by atoms with E-state index in [0.717, 1.165) is 35.9 Å². The van der Waals surface area contributed by atoms with E-state index in [-0.39, 0.29) is 23.5 Å². The first-order chi connectivity index (χ1) is 15.8. The zero-order valence-corrected chi connectivity index (χ0v) is 19.8. The molecule has 0 radical (unpaired) electrons. The van der Waals surface area contributed by atoms with Crippen LogP contribution in [0, 0.1) is 13.8 Å². The summed E-state index contributed by atoms with van der Waals surface area (Å²) in [4.78, 5) is 17.2. The van der Waals surface area contributed by atoms with Crippen LogP contribution in [0.2, 0.25) is 0 Å². The van der Waals surface area contributed by atoms with Crippen molar-refractivity contribution >= 4 is 21.4 Å². The Balaban J connectivity index is 1.25. The highest BCUT2D eigenvalue weighted by atomic mass is 32.2. The molecular weight excluding hydrogens is 438 g/mol. The molecule has 2 fully saturated rings. The lowest BCUT2D eigenvalue weighted by atomic mass is 10.1. The molecule has 3 aromatic rings. The highest BCUT2D eigenvalue weighted by Gasteiger charge is 2.33. The molecule has 9 heteroatoms. The van der Waals surface area contributed by atoms with Crippen molar-refractivity contribution in [3.05, 3.63) is 65.7 Å². The summed E-state index contributed by atoms with van der Waals surface area (Å²) in [6.07, 6.45) is 4.58. The minimum absolute atomic E-state index is 0.0500. The Hall–Kier alpha value is -3.07. The first-order valence-electron chi connectivity index (χ1n) is 11.4. The van der Waals surface area contributed by atoms with Crippen LogP contribution in [0.5, 0.6) is 0 Å². The van der Waals surface area contributed by atoms with Crippen LogP contribution in [0.15, 0.2) is 48.8 Å². The maximum atomic E-state index is 13.0. The molecule has 0 bridgehead atoms. The minimum Gasteiger partial charge on any atom is -0.365 e. The molecule has 0 spiro atoms. The van der Waals surface area contributed by atoms with Crippen LogP contribution < -0.4 is 4.90 Å². The van der Waals surface area contributed by atoms with E-state index in [2.05, 4.69) is 4.90 Å². The average Bonchev–Trinajstić information content (AvgIpc) is 3.53. The van der Waals surface area contributed by atoms with E-state index in [0.29, 0.717) is 25.1 Å². The molecule has 2 aliphatic heterocycles. The number of anilines is 1. The molecule has 2 saturated heterocycles. The molecule has 2 aromatic heterocycles. The fourth-order valence-electron chi connectivity index (χ4n) is 5.03. The molecule has 1 aromatic carbocycles. The molecule has 4 heterocycles. The largest absolute Gasteiger partial charge is 0.365 e. The fraction of sp³-hybridized carbons (Fsp3) is 0.417. The van der Waals surface area contributed by atoms with Crippen LogP contribution in [-0.4, -0.2) is 71.3 Å². The SMILES string of the molecule is Cc1nn(C2CCS(=O)(=O)C2)c(C)c1N1CCN(C(=O)c2ccc(-n3cccc3)cc2)CC1. The Kier molecular flexibility index (Phi) is 5.52. The summed E-state index contributed by atoms with van der Waals surface area (Å²) in [6.45, 7) is 6.73. The number of carbonyl (C=O) groups excluding carboxylic acids is 1. The summed E-state index contributed by atoms with van der Waals surface area (Å²) in [6, 6.07) is 11.6. The van der Waals surface area contributed by atoms with E-state index in [1.54, 1.807) is 0 Å². The van der Waals surface area contributed by atoms with Gasteiger partial charge in [-0.05, 0) is 56.7 Å². The number of amides is 1. The molecule has 1 unspecified atom stereocenters. The van der Waals surface area contributed by atoms with Gasteiger partial charge in [0, 0.05) is 49.8 Å². The van der Waals surface area contributed by atoms with Crippen LogP contribution in [0.4, 0.5) is 5.69 Å². The predicted octanol–water partition coefficient (Wildman–Crippen LogP) is 2.61. The molecular formula is C24H29N5O3S. The molecule has 2 aliphatic rings. The fourth-order valence-corrected chi connectivity index (χ4v) is 6.73. The van der Waals surface area contributed by atoms with Crippen molar-refractivity contribution in [3.63, 3.8) is 0 Å². The molecule has 1 amide bonds. The van der Waals surface area contributed by atoms with Gasteiger partial charge in [0.2, 0.25) is 0 Å². The molecule has 33 heavy (non-hydrogen) atoms. The van der Waals surface area contributed by atoms with Crippen molar-refractivity contribution in [2.75, 3.05) is 42.6 Å². The summed E-state index contributed by atoms with van der Waals surface area (Å²) in [7, 11) is -2.97. The molecule has 8 nitrogen and oxygen atoms in total. The molecule has 0 aliphatic carbocycles. The molecule has 0 saturated carbocycles. The van der Waals surface area contributed by atoms with Crippen molar-refractivity contribution < 1.29 is 13.2 Å². The Labute approximate surface area is 194 Å². The number of carbonyl (C=O) groups is 1. The topological polar surface area (TPSA) is 80.4 Å². The number of aromatic nitrogens is 3. The first-order valence-corrected chi connectivity index (χ1v) is 13.2. The zero-order chi connectivity index (χ0) is 23.2. The third kappa shape index (κ3) is 4.17. The maximum absolute atomic E-state index is 13.0. The highest BCUT2D eigenvalue weighted by Crippen LogP contribution is 2.31. The molecule has 0 N–H and O–H groups in total. The van der Waals surface area contributed by atoms with E-state index < -0.39 is 9.84 Å². The quantitative estimate of drug-likeness (QED) is 0.589. The van der Waals surface area contributed by atoms with Gasteiger partial charge in [-0.25, -0.2) is 8.42 Å². The van der Waals surface area contributed by atoms with E-state index >= 15 is 0 Å². The number of rotatable bonds is 4. The molecule has 174 valence electrons. The van der Waals surface area contributed by atoms with Crippen LogP contribution in [0.1, 0.15) is 34.2 Å². The van der Waals surface area contributed by atoms with Crippen molar-refractivity contribution in [1.29, 1.82) is 0 Å². The lowest BCUT2D eigenvalue weighted by molar-refractivity contribution is 0.0746. The Morgan fingerprint density at radius 3 is 2.27 bits per heavy atom. The van der Waals surface area contributed by atoms with Crippen molar-refractivity contribution in [2.24, 2.45) is 0 Å². The van der Waals surface area contributed by atoms with Gasteiger partial charge in [-0.15, -0.1) is 0 Å². The second-order valence-corrected chi connectivity index (χ2v) is 11.2. The summed E-state index contributed by atoms with van der Waals surface area (Å²) in [5, 5.41) is 4.69. The van der Waals surface area contributed by atoms with E-state index in [4.69, 9.17) is 5.10 Å². The third-order valence-electron chi connectivity index (χ3n) is 6.74. The Bertz CT molecular complexity index is 1250. The number of hydrogen-bond donors (Lipinski definition) is 0. The first kappa shape index (κ1) is 21.8. The Morgan fingerprint density at radius 2 is 1.67 bits per heavy atom. The van der Waals surface area contributed by atoms with Gasteiger partial charge >= 0.3 is 0 Å². The third-order valence-corrected chi connectivity index (χ3v) is 8.49. The summed E-state index contributed by atoms with van der Waals surface area (Å²) in [5.74, 6) is 0.451. The second kappa shape index (κ2) is 8.37. The van der Waals surface area contributed by atoms with Gasteiger partial charge in [0.1, 0.15) is 0 Å². The second-order valence-electron chi connectivity index (χ2n) is 8.94. The number of aryl methyl sites for hydroxylation is 1. The van der Waals surface area contributed by atoms with Gasteiger partial charge in [0.05, 0.1) is 34.6 Å². The number of piperazine rings is 1. The van der Waals surface area contributed by atoms with Gasteiger partial charge in [0.15, 0.2) is 9.84 Å². The molecule has 5 rings (SSSR count). The predicted molar refractivity (Wildman–Crippen MR) is 128 cm³/mol.